The summed E-state index contributed by atoms with van der Waals surface area (Å²) < 4.78 is 5.12. The smallest absolute Gasteiger partial charge is 0.334 e. The molecule has 84 valence electrons. The van der Waals surface area contributed by atoms with Gasteiger partial charge < -0.3 is 9.84 Å². The summed E-state index contributed by atoms with van der Waals surface area (Å²) in [6.45, 7) is 5.57. The quantitative estimate of drug-likeness (QED) is 0.509. The number of carbonyl (C=O) groups is 1. The number of aliphatic hydroxyl groups excluding tert-OH is 1. The molecule has 0 aromatic carbocycles. The van der Waals surface area contributed by atoms with Crippen molar-refractivity contribution in [2.45, 2.75) is 65.1 Å². The van der Waals surface area contributed by atoms with Crippen molar-refractivity contribution in [1.82, 2.24) is 0 Å². The largest absolute Gasteiger partial charge is 0.460 e. The van der Waals surface area contributed by atoms with E-state index in [0.717, 1.165) is 19.3 Å². The SMILES string of the molecule is CCCCCC(CC)OC(=O)C(C)O. The number of hydrogen-bond donors (Lipinski definition) is 1. The average molecular weight is 202 g/mol. The van der Waals surface area contributed by atoms with Crippen LogP contribution in [0.15, 0.2) is 0 Å². The molecule has 0 saturated carbocycles. The fraction of sp³-hybridized carbons (Fsp3) is 0.909. The Labute approximate surface area is 86.5 Å². The molecule has 0 rings (SSSR count). The maximum absolute atomic E-state index is 11.1. The van der Waals surface area contributed by atoms with Gasteiger partial charge in [-0.15, -0.1) is 0 Å². The molecule has 0 spiro atoms. The molecule has 0 aliphatic rings. The van der Waals surface area contributed by atoms with Crippen LogP contribution in [0.3, 0.4) is 0 Å². The Balaban J connectivity index is 3.73. The number of hydrogen-bond acceptors (Lipinski definition) is 3. The van der Waals surface area contributed by atoms with E-state index in [4.69, 9.17) is 9.84 Å². The van der Waals surface area contributed by atoms with Gasteiger partial charge >= 0.3 is 5.97 Å². The molecule has 0 radical (unpaired) electrons. The Kier molecular flexibility index (Phi) is 7.48. The molecule has 2 atom stereocenters. The summed E-state index contributed by atoms with van der Waals surface area (Å²) >= 11 is 0. The standard InChI is InChI=1S/C11H22O3/c1-4-6-7-8-10(5-2)14-11(13)9(3)12/h9-10,12H,4-8H2,1-3H3. The fourth-order valence-electron chi connectivity index (χ4n) is 1.23. The van der Waals surface area contributed by atoms with Crippen LogP contribution in [0.4, 0.5) is 0 Å². The third kappa shape index (κ3) is 5.97. The van der Waals surface area contributed by atoms with Crippen molar-refractivity contribution in [1.29, 1.82) is 0 Å². The number of rotatable bonds is 7. The molecule has 0 aliphatic heterocycles. The number of carbonyl (C=O) groups excluding carboxylic acids is 1. The van der Waals surface area contributed by atoms with Crippen molar-refractivity contribution in [3.63, 3.8) is 0 Å². The highest BCUT2D eigenvalue weighted by Gasteiger charge is 2.15. The van der Waals surface area contributed by atoms with Gasteiger partial charge in [0.2, 0.25) is 0 Å². The molecule has 0 aliphatic carbocycles. The predicted molar refractivity (Wildman–Crippen MR) is 56.0 cm³/mol. The van der Waals surface area contributed by atoms with E-state index in [-0.39, 0.29) is 6.10 Å². The number of unbranched alkanes of at least 4 members (excludes halogenated alkanes) is 2. The molecule has 0 fully saturated rings. The zero-order valence-electron chi connectivity index (χ0n) is 9.45. The maximum Gasteiger partial charge on any atom is 0.334 e. The molecule has 0 amide bonds. The Morgan fingerprint density at radius 1 is 1.36 bits per heavy atom. The van der Waals surface area contributed by atoms with Gasteiger partial charge in [0.1, 0.15) is 12.2 Å². The Bertz CT molecular complexity index is 155. The monoisotopic (exact) mass is 202 g/mol. The third-order valence-electron chi connectivity index (χ3n) is 2.21. The van der Waals surface area contributed by atoms with Crippen molar-refractivity contribution >= 4 is 5.97 Å². The normalized spacial score (nSPS) is 14.9. The second-order valence-electron chi connectivity index (χ2n) is 3.64. The van der Waals surface area contributed by atoms with Crippen molar-refractivity contribution in [2.24, 2.45) is 0 Å². The van der Waals surface area contributed by atoms with Crippen LogP contribution in [0.1, 0.15) is 52.9 Å². The van der Waals surface area contributed by atoms with E-state index >= 15 is 0 Å². The molecular formula is C11H22O3. The van der Waals surface area contributed by atoms with Gasteiger partial charge in [0.25, 0.3) is 0 Å². The Morgan fingerprint density at radius 2 is 2.00 bits per heavy atom. The van der Waals surface area contributed by atoms with E-state index < -0.39 is 12.1 Å². The average Bonchev–Trinajstić information content (AvgIpc) is 2.16. The second kappa shape index (κ2) is 7.80. The summed E-state index contributed by atoms with van der Waals surface area (Å²) in [5.41, 5.74) is 0. The zero-order chi connectivity index (χ0) is 11.0. The minimum atomic E-state index is -1.00. The summed E-state index contributed by atoms with van der Waals surface area (Å²) in [6, 6.07) is 0. The van der Waals surface area contributed by atoms with Gasteiger partial charge in [-0.25, -0.2) is 4.79 Å². The summed E-state index contributed by atoms with van der Waals surface area (Å²) in [5.74, 6) is -0.506. The lowest BCUT2D eigenvalue weighted by Gasteiger charge is -2.16. The lowest BCUT2D eigenvalue weighted by Crippen LogP contribution is -2.25. The van der Waals surface area contributed by atoms with E-state index in [0.29, 0.717) is 0 Å². The first kappa shape index (κ1) is 13.4. The van der Waals surface area contributed by atoms with Gasteiger partial charge in [-0.2, -0.15) is 0 Å². The minimum Gasteiger partial charge on any atom is -0.460 e. The molecule has 2 unspecified atom stereocenters. The second-order valence-corrected chi connectivity index (χ2v) is 3.64. The van der Waals surface area contributed by atoms with Gasteiger partial charge in [0.05, 0.1) is 0 Å². The van der Waals surface area contributed by atoms with Gasteiger partial charge in [-0.05, 0) is 26.2 Å². The van der Waals surface area contributed by atoms with Crippen molar-refractivity contribution in [2.75, 3.05) is 0 Å². The maximum atomic E-state index is 11.1. The van der Waals surface area contributed by atoms with Crippen LogP contribution >= 0.6 is 0 Å². The third-order valence-corrected chi connectivity index (χ3v) is 2.21. The van der Waals surface area contributed by atoms with Crippen molar-refractivity contribution < 1.29 is 14.6 Å². The van der Waals surface area contributed by atoms with Crippen molar-refractivity contribution in [3.05, 3.63) is 0 Å². The summed E-state index contributed by atoms with van der Waals surface area (Å²) in [5, 5.41) is 8.96. The first-order chi connectivity index (χ1) is 6.61. The van der Waals surface area contributed by atoms with Gasteiger partial charge in [-0.1, -0.05) is 26.7 Å². The molecular weight excluding hydrogens is 180 g/mol. The lowest BCUT2D eigenvalue weighted by molar-refractivity contribution is -0.158. The molecule has 3 nitrogen and oxygen atoms in total. The highest BCUT2D eigenvalue weighted by atomic mass is 16.6. The van der Waals surface area contributed by atoms with Crippen molar-refractivity contribution in [3.8, 4) is 0 Å². The van der Waals surface area contributed by atoms with Gasteiger partial charge in [-0.3, -0.25) is 0 Å². The predicted octanol–water partition coefficient (Wildman–Crippen LogP) is 2.27. The summed E-state index contributed by atoms with van der Waals surface area (Å²) in [6.07, 6.45) is 4.12. The Morgan fingerprint density at radius 3 is 2.43 bits per heavy atom. The summed E-state index contributed by atoms with van der Waals surface area (Å²) in [4.78, 5) is 11.1. The topological polar surface area (TPSA) is 46.5 Å². The van der Waals surface area contributed by atoms with E-state index in [1.807, 2.05) is 6.92 Å². The van der Waals surface area contributed by atoms with Crippen LogP contribution in [-0.2, 0) is 9.53 Å². The molecule has 0 heterocycles. The molecule has 1 N–H and O–H groups in total. The molecule has 14 heavy (non-hydrogen) atoms. The first-order valence-corrected chi connectivity index (χ1v) is 5.50. The summed E-state index contributed by atoms with van der Waals surface area (Å²) in [7, 11) is 0. The Hall–Kier alpha value is -0.570. The van der Waals surface area contributed by atoms with E-state index in [2.05, 4.69) is 6.92 Å². The number of aliphatic hydroxyl groups is 1. The van der Waals surface area contributed by atoms with Crippen LogP contribution in [0.25, 0.3) is 0 Å². The minimum absolute atomic E-state index is 0.0244. The fourth-order valence-corrected chi connectivity index (χ4v) is 1.23. The van der Waals surface area contributed by atoms with E-state index in [9.17, 15) is 4.79 Å². The molecule has 0 bridgehead atoms. The highest BCUT2D eigenvalue weighted by molar-refractivity contribution is 5.73. The van der Waals surface area contributed by atoms with Crippen LogP contribution in [0.5, 0.6) is 0 Å². The van der Waals surface area contributed by atoms with Crippen LogP contribution in [0, 0.1) is 0 Å². The van der Waals surface area contributed by atoms with E-state index in [1.165, 1.54) is 19.8 Å². The zero-order valence-corrected chi connectivity index (χ0v) is 9.45. The molecule has 0 aromatic heterocycles. The molecule has 0 aromatic rings. The van der Waals surface area contributed by atoms with Gasteiger partial charge in [0.15, 0.2) is 0 Å². The lowest BCUT2D eigenvalue weighted by atomic mass is 10.1. The highest BCUT2D eigenvalue weighted by Crippen LogP contribution is 2.10. The molecule has 0 saturated heterocycles. The van der Waals surface area contributed by atoms with Crippen LogP contribution in [-0.4, -0.2) is 23.3 Å². The van der Waals surface area contributed by atoms with Gasteiger partial charge in [0, 0.05) is 0 Å². The van der Waals surface area contributed by atoms with Crippen LogP contribution in [0.2, 0.25) is 0 Å². The van der Waals surface area contributed by atoms with Crippen LogP contribution < -0.4 is 0 Å². The number of ether oxygens (including phenoxy) is 1. The molecule has 3 heteroatoms. The number of esters is 1. The first-order valence-electron chi connectivity index (χ1n) is 5.50. The van der Waals surface area contributed by atoms with E-state index in [1.54, 1.807) is 0 Å².